The molecule has 2 aromatic rings. The molecule has 1 atom stereocenters. The van der Waals surface area contributed by atoms with Crippen molar-refractivity contribution in [2.75, 3.05) is 6.54 Å². The third-order valence-electron chi connectivity index (χ3n) is 4.06. The van der Waals surface area contributed by atoms with Crippen LogP contribution in [0, 0.1) is 0 Å². The van der Waals surface area contributed by atoms with Crippen LogP contribution in [0.15, 0.2) is 24.3 Å². The van der Waals surface area contributed by atoms with Gasteiger partial charge in [-0.3, -0.25) is 0 Å². The van der Waals surface area contributed by atoms with E-state index < -0.39 is 0 Å². The van der Waals surface area contributed by atoms with Crippen LogP contribution in [0.3, 0.4) is 0 Å². The first-order valence-electron chi connectivity index (χ1n) is 7.18. The minimum absolute atomic E-state index is 0.293. The highest BCUT2D eigenvalue weighted by Gasteiger charge is 2.37. The second-order valence-corrected chi connectivity index (χ2v) is 7.02. The first kappa shape index (κ1) is 12.4. The molecule has 3 heterocycles. The normalized spacial score (nSPS) is 23.0. The minimum Gasteiger partial charge on any atom is -0.482 e. The molecular weight excluding hydrogens is 268 g/mol. The maximum absolute atomic E-state index is 6.17. The summed E-state index contributed by atoms with van der Waals surface area (Å²) in [6.45, 7) is 5.36. The van der Waals surface area contributed by atoms with Crippen LogP contribution in [-0.2, 0) is 5.60 Å². The van der Waals surface area contributed by atoms with Crippen molar-refractivity contribution in [3.05, 3.63) is 34.2 Å². The molecule has 0 spiro atoms. The number of nitrogens with one attached hydrogen (secondary N) is 1. The molecule has 2 aliphatic heterocycles. The minimum atomic E-state index is -0.293. The molecule has 1 fully saturated rings. The van der Waals surface area contributed by atoms with Crippen LogP contribution in [0.25, 0.3) is 11.3 Å². The number of thiazole rings is 1. The van der Waals surface area contributed by atoms with Crippen LogP contribution in [0.2, 0.25) is 0 Å². The number of hydrogen-bond donors (Lipinski definition) is 1. The highest BCUT2D eigenvalue weighted by molar-refractivity contribution is 7.12. The average Bonchev–Trinajstić information content (AvgIpc) is 3.08. The van der Waals surface area contributed by atoms with E-state index in [1.807, 2.05) is 12.1 Å². The molecule has 0 aliphatic carbocycles. The number of aromatic nitrogens is 1. The van der Waals surface area contributed by atoms with E-state index in [2.05, 4.69) is 31.3 Å². The standard InChI is InChI=1S/C16H18N2OS/c1-16(2)14-13(10-6-3-4-8-12(10)19-16)18-15(20-14)11-7-5-9-17-11/h3-4,6,8,11,17H,5,7,9H2,1-2H3. The molecule has 0 radical (unpaired) electrons. The molecule has 1 aromatic heterocycles. The lowest BCUT2D eigenvalue weighted by molar-refractivity contribution is 0.109. The summed E-state index contributed by atoms with van der Waals surface area (Å²) >= 11 is 1.80. The SMILES string of the molecule is CC1(C)Oc2ccccc2-c2nc(C3CCCN3)sc21. The third kappa shape index (κ3) is 1.79. The Kier molecular flexibility index (Phi) is 2.66. The van der Waals surface area contributed by atoms with Gasteiger partial charge in [0.2, 0.25) is 0 Å². The van der Waals surface area contributed by atoms with E-state index in [9.17, 15) is 0 Å². The topological polar surface area (TPSA) is 34.1 Å². The summed E-state index contributed by atoms with van der Waals surface area (Å²) in [7, 11) is 0. The number of fused-ring (bicyclic) bond motifs is 3. The largest absolute Gasteiger partial charge is 0.482 e. The first-order chi connectivity index (χ1) is 9.65. The Balaban J connectivity index is 1.87. The van der Waals surface area contributed by atoms with E-state index in [-0.39, 0.29) is 5.60 Å². The van der Waals surface area contributed by atoms with Crippen molar-refractivity contribution in [1.82, 2.24) is 10.3 Å². The van der Waals surface area contributed by atoms with Gasteiger partial charge in [0.25, 0.3) is 0 Å². The van der Waals surface area contributed by atoms with E-state index in [0.717, 1.165) is 23.6 Å². The fraction of sp³-hybridized carbons (Fsp3) is 0.438. The zero-order chi connectivity index (χ0) is 13.7. The summed E-state index contributed by atoms with van der Waals surface area (Å²) < 4.78 is 6.17. The van der Waals surface area contributed by atoms with E-state index in [1.165, 1.54) is 22.7 Å². The number of hydrogen-bond acceptors (Lipinski definition) is 4. The number of para-hydroxylation sites is 1. The maximum Gasteiger partial charge on any atom is 0.140 e. The van der Waals surface area contributed by atoms with Gasteiger partial charge < -0.3 is 10.1 Å². The van der Waals surface area contributed by atoms with Gasteiger partial charge in [-0.2, -0.15) is 0 Å². The van der Waals surface area contributed by atoms with Crippen LogP contribution in [0.4, 0.5) is 0 Å². The molecule has 0 saturated carbocycles. The number of rotatable bonds is 1. The van der Waals surface area contributed by atoms with E-state index in [4.69, 9.17) is 9.72 Å². The van der Waals surface area contributed by atoms with Crippen molar-refractivity contribution in [1.29, 1.82) is 0 Å². The second-order valence-electron chi connectivity index (χ2n) is 5.99. The predicted octanol–water partition coefficient (Wildman–Crippen LogP) is 3.86. The van der Waals surface area contributed by atoms with Gasteiger partial charge in [0.1, 0.15) is 16.4 Å². The molecule has 1 N–H and O–H groups in total. The Morgan fingerprint density at radius 3 is 3.00 bits per heavy atom. The first-order valence-corrected chi connectivity index (χ1v) is 8.00. The predicted molar refractivity (Wildman–Crippen MR) is 81.2 cm³/mol. The van der Waals surface area contributed by atoms with Crippen molar-refractivity contribution in [3.8, 4) is 17.0 Å². The second kappa shape index (κ2) is 4.30. The molecule has 1 aromatic carbocycles. The Labute approximate surface area is 123 Å². The quantitative estimate of drug-likeness (QED) is 0.864. The van der Waals surface area contributed by atoms with E-state index in [0.29, 0.717) is 6.04 Å². The van der Waals surface area contributed by atoms with Gasteiger partial charge in [0, 0.05) is 5.56 Å². The lowest BCUT2D eigenvalue weighted by Gasteiger charge is -2.31. The summed E-state index contributed by atoms with van der Waals surface area (Å²) in [5.41, 5.74) is 1.95. The van der Waals surface area contributed by atoms with Crippen molar-refractivity contribution in [2.45, 2.75) is 38.3 Å². The van der Waals surface area contributed by atoms with Crippen LogP contribution in [0.1, 0.15) is 42.6 Å². The van der Waals surface area contributed by atoms with E-state index >= 15 is 0 Å². The summed E-state index contributed by atoms with van der Waals surface area (Å²) in [4.78, 5) is 6.20. The van der Waals surface area contributed by atoms with Crippen molar-refractivity contribution < 1.29 is 4.74 Å². The lowest BCUT2D eigenvalue weighted by Crippen LogP contribution is -2.27. The summed E-state index contributed by atoms with van der Waals surface area (Å²) in [5.74, 6) is 0.946. The molecule has 1 saturated heterocycles. The van der Waals surface area contributed by atoms with Gasteiger partial charge in [-0.1, -0.05) is 12.1 Å². The number of nitrogens with zero attached hydrogens (tertiary/aromatic N) is 1. The molecule has 3 nitrogen and oxygen atoms in total. The maximum atomic E-state index is 6.17. The Bertz CT molecular complexity index is 656. The monoisotopic (exact) mass is 286 g/mol. The molecule has 0 amide bonds. The van der Waals surface area contributed by atoms with Gasteiger partial charge in [0.15, 0.2) is 0 Å². The third-order valence-corrected chi connectivity index (χ3v) is 5.53. The van der Waals surface area contributed by atoms with Crippen LogP contribution >= 0.6 is 11.3 Å². The Morgan fingerprint density at radius 2 is 2.20 bits per heavy atom. The van der Waals surface area contributed by atoms with Crippen LogP contribution in [0.5, 0.6) is 5.75 Å². The molecule has 4 heteroatoms. The van der Waals surface area contributed by atoms with Crippen molar-refractivity contribution >= 4 is 11.3 Å². The van der Waals surface area contributed by atoms with Crippen LogP contribution < -0.4 is 10.1 Å². The Hall–Kier alpha value is -1.39. The lowest BCUT2D eigenvalue weighted by atomic mass is 9.97. The fourth-order valence-electron chi connectivity index (χ4n) is 3.04. The zero-order valence-corrected chi connectivity index (χ0v) is 12.6. The van der Waals surface area contributed by atoms with Crippen molar-refractivity contribution in [3.63, 3.8) is 0 Å². The number of ether oxygens (including phenoxy) is 1. The molecule has 0 bridgehead atoms. The fourth-order valence-corrected chi connectivity index (χ4v) is 4.27. The van der Waals surface area contributed by atoms with Crippen molar-refractivity contribution in [2.24, 2.45) is 0 Å². The van der Waals surface area contributed by atoms with Gasteiger partial charge in [0.05, 0.1) is 16.6 Å². The molecular formula is C16H18N2OS. The Morgan fingerprint density at radius 1 is 1.35 bits per heavy atom. The molecule has 4 rings (SSSR count). The number of benzene rings is 1. The summed E-state index contributed by atoms with van der Waals surface area (Å²) in [6, 6.07) is 8.64. The van der Waals surface area contributed by atoms with E-state index in [1.54, 1.807) is 11.3 Å². The van der Waals surface area contributed by atoms with Crippen LogP contribution in [-0.4, -0.2) is 11.5 Å². The molecule has 2 aliphatic rings. The summed E-state index contributed by atoms with van der Waals surface area (Å²) in [6.07, 6.45) is 2.43. The molecule has 20 heavy (non-hydrogen) atoms. The summed E-state index contributed by atoms with van der Waals surface area (Å²) in [5, 5.41) is 4.75. The molecule has 1 unspecified atom stereocenters. The highest BCUT2D eigenvalue weighted by atomic mass is 32.1. The van der Waals surface area contributed by atoms with Gasteiger partial charge in [-0.15, -0.1) is 11.3 Å². The smallest absolute Gasteiger partial charge is 0.140 e. The average molecular weight is 286 g/mol. The van der Waals surface area contributed by atoms with Gasteiger partial charge >= 0.3 is 0 Å². The molecule has 104 valence electrons. The highest BCUT2D eigenvalue weighted by Crippen LogP contribution is 2.48. The van der Waals surface area contributed by atoms with Gasteiger partial charge in [-0.25, -0.2) is 4.98 Å². The zero-order valence-electron chi connectivity index (χ0n) is 11.8. The van der Waals surface area contributed by atoms with Gasteiger partial charge in [-0.05, 0) is 45.4 Å².